The van der Waals surface area contributed by atoms with Crippen molar-refractivity contribution in [1.82, 2.24) is 8.75 Å². The van der Waals surface area contributed by atoms with E-state index >= 15 is 0 Å². The van der Waals surface area contributed by atoms with Gasteiger partial charge in [-0.3, -0.25) is 0 Å². The Morgan fingerprint density at radius 3 is 2.79 bits per heavy atom. The number of rotatable bonds is 4. The van der Waals surface area contributed by atoms with E-state index in [4.69, 9.17) is 23.2 Å². The number of halogens is 2. The zero-order chi connectivity index (χ0) is 13.2. The highest BCUT2D eigenvalue weighted by atomic mass is 35.5. The highest BCUT2D eigenvalue weighted by Gasteiger charge is 2.13. The van der Waals surface area contributed by atoms with Crippen LogP contribution < -0.4 is 5.32 Å². The lowest BCUT2D eigenvalue weighted by atomic mass is 10.2. The molecule has 0 amide bonds. The molecule has 7 heteroatoms. The van der Waals surface area contributed by atoms with Crippen LogP contribution in [0.1, 0.15) is 5.56 Å². The summed E-state index contributed by atoms with van der Waals surface area (Å²) in [5.41, 5.74) is 3.57. The van der Waals surface area contributed by atoms with Gasteiger partial charge in [0.2, 0.25) is 0 Å². The van der Waals surface area contributed by atoms with E-state index < -0.39 is 0 Å². The summed E-state index contributed by atoms with van der Waals surface area (Å²) < 4.78 is 8.44. The number of nitrogens with one attached hydrogen (secondary N) is 1. The maximum Gasteiger partial charge on any atom is 0.130 e. The van der Waals surface area contributed by atoms with Crippen molar-refractivity contribution < 1.29 is 0 Å². The van der Waals surface area contributed by atoms with Crippen molar-refractivity contribution in [2.75, 3.05) is 11.9 Å². The molecule has 1 N–H and O–H groups in total. The summed E-state index contributed by atoms with van der Waals surface area (Å²) in [4.78, 5) is 0. The Morgan fingerprint density at radius 2 is 2.00 bits per heavy atom. The minimum Gasteiger partial charge on any atom is -0.382 e. The van der Waals surface area contributed by atoms with E-state index in [1.54, 1.807) is 17.4 Å². The van der Waals surface area contributed by atoms with E-state index in [1.165, 1.54) is 5.56 Å². The normalized spacial score (nSPS) is 11.1. The van der Waals surface area contributed by atoms with Gasteiger partial charge < -0.3 is 5.32 Å². The molecule has 0 saturated carbocycles. The molecule has 3 aromatic rings. The van der Waals surface area contributed by atoms with E-state index in [0.29, 0.717) is 15.6 Å². The summed E-state index contributed by atoms with van der Waals surface area (Å²) >= 11 is 15.1. The largest absolute Gasteiger partial charge is 0.382 e. The fourth-order valence-corrected chi connectivity index (χ4v) is 3.69. The van der Waals surface area contributed by atoms with Crippen LogP contribution in [0, 0.1) is 0 Å². The molecule has 0 fully saturated rings. The molecule has 3 rings (SSSR count). The molecular formula is C12H9Cl2N3S2. The quantitative estimate of drug-likeness (QED) is 0.752. The third-order valence-corrected chi connectivity index (χ3v) is 4.59. The van der Waals surface area contributed by atoms with Crippen molar-refractivity contribution in [2.24, 2.45) is 0 Å². The zero-order valence-electron chi connectivity index (χ0n) is 9.69. The SMILES string of the molecule is Clc1cc(Cl)c2nsnc2c1NCCc1ccsc1. The molecular weight excluding hydrogens is 321 g/mol. The summed E-state index contributed by atoms with van der Waals surface area (Å²) in [6, 6.07) is 3.83. The minimum absolute atomic E-state index is 0.539. The molecule has 0 radical (unpaired) electrons. The number of nitrogens with zero attached hydrogens (tertiary/aromatic N) is 2. The molecule has 0 atom stereocenters. The molecule has 19 heavy (non-hydrogen) atoms. The van der Waals surface area contributed by atoms with Crippen LogP contribution in [0.2, 0.25) is 10.0 Å². The summed E-state index contributed by atoms with van der Waals surface area (Å²) in [6.07, 6.45) is 0.946. The molecule has 0 unspecified atom stereocenters. The molecule has 0 bridgehead atoms. The minimum atomic E-state index is 0.539. The molecule has 3 nitrogen and oxygen atoms in total. The van der Waals surface area contributed by atoms with Crippen LogP contribution in [-0.2, 0) is 6.42 Å². The number of hydrogen-bond donors (Lipinski definition) is 1. The van der Waals surface area contributed by atoms with Gasteiger partial charge in [0, 0.05) is 6.54 Å². The molecule has 2 aromatic heterocycles. The third kappa shape index (κ3) is 2.69. The van der Waals surface area contributed by atoms with Gasteiger partial charge in [-0.25, -0.2) is 0 Å². The van der Waals surface area contributed by atoms with E-state index in [-0.39, 0.29) is 0 Å². The molecule has 1 aromatic carbocycles. The third-order valence-electron chi connectivity index (χ3n) is 2.74. The van der Waals surface area contributed by atoms with Crippen LogP contribution in [0.25, 0.3) is 11.0 Å². The van der Waals surface area contributed by atoms with Gasteiger partial charge in [-0.1, -0.05) is 23.2 Å². The molecule has 0 aliphatic rings. The predicted octanol–water partition coefficient (Wildman–Crippen LogP) is 4.71. The standard InChI is InChI=1S/C12H9Cl2N3S2/c13-8-5-9(14)11-12(17-19-16-11)10(8)15-3-1-7-2-4-18-6-7/h2,4-6,15H,1,3H2. The zero-order valence-corrected chi connectivity index (χ0v) is 12.8. The summed E-state index contributed by atoms with van der Waals surface area (Å²) in [5, 5.41) is 8.66. The Kier molecular flexibility index (Phi) is 3.88. The van der Waals surface area contributed by atoms with Crippen LogP contribution in [0.15, 0.2) is 22.9 Å². The van der Waals surface area contributed by atoms with Crippen LogP contribution in [-0.4, -0.2) is 15.3 Å². The van der Waals surface area contributed by atoms with E-state index in [9.17, 15) is 0 Å². The maximum atomic E-state index is 6.22. The number of benzene rings is 1. The van der Waals surface area contributed by atoms with Gasteiger partial charge in [0.15, 0.2) is 0 Å². The van der Waals surface area contributed by atoms with Crippen molar-refractivity contribution in [2.45, 2.75) is 6.42 Å². The number of fused-ring (bicyclic) bond motifs is 1. The summed E-state index contributed by atoms with van der Waals surface area (Å²) in [6.45, 7) is 0.796. The van der Waals surface area contributed by atoms with Crippen LogP contribution in [0.4, 0.5) is 5.69 Å². The van der Waals surface area contributed by atoms with Crippen molar-refractivity contribution in [3.8, 4) is 0 Å². The Labute approximate surface area is 128 Å². The first-order valence-electron chi connectivity index (χ1n) is 5.61. The Balaban J connectivity index is 1.82. The average molecular weight is 330 g/mol. The fourth-order valence-electron chi connectivity index (χ4n) is 1.81. The lowest BCUT2D eigenvalue weighted by Crippen LogP contribution is -2.05. The van der Waals surface area contributed by atoms with Gasteiger partial charge in [0.25, 0.3) is 0 Å². The molecule has 0 saturated heterocycles. The predicted molar refractivity (Wildman–Crippen MR) is 83.9 cm³/mol. The Morgan fingerprint density at radius 1 is 1.16 bits per heavy atom. The smallest absolute Gasteiger partial charge is 0.130 e. The van der Waals surface area contributed by atoms with Gasteiger partial charge >= 0.3 is 0 Å². The lowest BCUT2D eigenvalue weighted by molar-refractivity contribution is 1.03. The highest BCUT2D eigenvalue weighted by Crippen LogP contribution is 2.35. The second-order valence-corrected chi connectivity index (χ2v) is 6.11. The average Bonchev–Trinajstić information content (AvgIpc) is 3.04. The fraction of sp³-hybridized carbons (Fsp3) is 0.167. The van der Waals surface area contributed by atoms with Crippen molar-refractivity contribution in [3.05, 3.63) is 38.5 Å². The van der Waals surface area contributed by atoms with Gasteiger partial charge in [0.05, 0.1) is 27.5 Å². The first-order valence-corrected chi connectivity index (χ1v) is 8.04. The number of hydrogen-bond acceptors (Lipinski definition) is 5. The van der Waals surface area contributed by atoms with E-state index in [0.717, 1.165) is 35.9 Å². The Hall–Kier alpha value is -0.880. The molecule has 0 aliphatic carbocycles. The first-order chi connectivity index (χ1) is 9.25. The Bertz CT molecular complexity index is 694. The van der Waals surface area contributed by atoms with Crippen LogP contribution in [0.5, 0.6) is 0 Å². The van der Waals surface area contributed by atoms with Gasteiger partial charge in [-0.2, -0.15) is 20.1 Å². The van der Waals surface area contributed by atoms with Crippen molar-refractivity contribution in [3.63, 3.8) is 0 Å². The number of thiophene rings is 1. The number of aromatic nitrogens is 2. The highest BCUT2D eigenvalue weighted by molar-refractivity contribution is 7.07. The molecule has 98 valence electrons. The van der Waals surface area contributed by atoms with Crippen LogP contribution in [0.3, 0.4) is 0 Å². The lowest BCUT2D eigenvalue weighted by Gasteiger charge is -2.09. The monoisotopic (exact) mass is 329 g/mol. The topological polar surface area (TPSA) is 37.8 Å². The van der Waals surface area contributed by atoms with Gasteiger partial charge in [-0.15, -0.1) is 0 Å². The molecule has 2 heterocycles. The van der Waals surface area contributed by atoms with Crippen molar-refractivity contribution in [1.29, 1.82) is 0 Å². The summed E-state index contributed by atoms with van der Waals surface area (Å²) in [7, 11) is 0. The second-order valence-electron chi connectivity index (χ2n) is 3.99. The molecule has 0 aliphatic heterocycles. The van der Waals surface area contributed by atoms with E-state index in [1.807, 2.05) is 0 Å². The van der Waals surface area contributed by atoms with Crippen LogP contribution >= 0.6 is 46.3 Å². The van der Waals surface area contributed by atoms with Gasteiger partial charge in [-0.05, 0) is 34.9 Å². The number of anilines is 1. The molecule has 0 spiro atoms. The maximum absolute atomic E-state index is 6.22. The van der Waals surface area contributed by atoms with Gasteiger partial charge in [0.1, 0.15) is 11.0 Å². The van der Waals surface area contributed by atoms with E-state index in [2.05, 4.69) is 30.9 Å². The first kappa shape index (κ1) is 13.1. The second kappa shape index (κ2) is 5.63. The van der Waals surface area contributed by atoms with Crippen molar-refractivity contribution >= 4 is 63.0 Å². The summed E-state index contributed by atoms with van der Waals surface area (Å²) in [5.74, 6) is 0.